The highest BCUT2D eigenvalue weighted by molar-refractivity contribution is 6.20. The van der Waals surface area contributed by atoms with Gasteiger partial charge in [0.15, 0.2) is 5.76 Å². The number of anilines is 1. The number of fused-ring (bicyclic) bond motifs is 1. The molecule has 4 heteroatoms. The molecule has 3 rings (SSSR count). The van der Waals surface area contributed by atoms with Gasteiger partial charge in [-0.3, -0.25) is 4.79 Å². The average molecular weight is 282 g/mol. The first kappa shape index (κ1) is 14.8. The Balaban J connectivity index is 0.000000774. The molecule has 4 nitrogen and oxygen atoms in total. The van der Waals surface area contributed by atoms with E-state index < -0.39 is 0 Å². The lowest BCUT2D eigenvalue weighted by Crippen LogP contribution is -2.25. The number of furan rings is 1. The standard InChI is InChI=1S/C15H12N2O2.C2H6/c1-10-15(18)17(2)12-8-9-19-14(12)13(16-10)11-6-4-3-5-7-11;1-2/h3-9H,1H2,2H3;1-2H3. The molecule has 2 heterocycles. The summed E-state index contributed by atoms with van der Waals surface area (Å²) in [4.78, 5) is 17.9. The van der Waals surface area contributed by atoms with Crippen molar-refractivity contribution in [3.8, 4) is 0 Å². The molecule has 108 valence electrons. The molecular formula is C17H18N2O2. The minimum atomic E-state index is -0.228. The highest BCUT2D eigenvalue weighted by atomic mass is 16.3. The average Bonchev–Trinajstić information content (AvgIpc) is 3.00. The number of carbonyl (C=O) groups excluding carboxylic acids is 1. The second-order valence-corrected chi connectivity index (χ2v) is 4.27. The van der Waals surface area contributed by atoms with E-state index in [-0.39, 0.29) is 11.6 Å². The van der Waals surface area contributed by atoms with E-state index in [9.17, 15) is 4.79 Å². The van der Waals surface area contributed by atoms with E-state index >= 15 is 0 Å². The van der Waals surface area contributed by atoms with Crippen LogP contribution in [0.4, 0.5) is 5.69 Å². The van der Waals surface area contributed by atoms with Gasteiger partial charge in [0.05, 0.1) is 12.0 Å². The Morgan fingerprint density at radius 3 is 2.48 bits per heavy atom. The Labute approximate surface area is 124 Å². The predicted molar refractivity (Wildman–Crippen MR) is 84.7 cm³/mol. The van der Waals surface area contributed by atoms with E-state index in [1.807, 2.05) is 44.2 Å². The van der Waals surface area contributed by atoms with E-state index in [4.69, 9.17) is 4.42 Å². The maximum atomic E-state index is 12.1. The summed E-state index contributed by atoms with van der Waals surface area (Å²) >= 11 is 0. The van der Waals surface area contributed by atoms with Gasteiger partial charge in [0, 0.05) is 18.7 Å². The fourth-order valence-electron chi connectivity index (χ4n) is 2.07. The van der Waals surface area contributed by atoms with Gasteiger partial charge in [0.1, 0.15) is 11.4 Å². The zero-order chi connectivity index (χ0) is 15.4. The lowest BCUT2D eigenvalue weighted by molar-refractivity contribution is -0.114. The highest BCUT2D eigenvalue weighted by Gasteiger charge is 2.27. The number of amides is 1. The van der Waals surface area contributed by atoms with E-state index in [2.05, 4.69) is 11.6 Å². The van der Waals surface area contributed by atoms with Gasteiger partial charge in [-0.2, -0.15) is 0 Å². The molecule has 1 aliphatic heterocycles. The second kappa shape index (κ2) is 6.22. The second-order valence-electron chi connectivity index (χ2n) is 4.27. The van der Waals surface area contributed by atoms with Crippen LogP contribution in [0.2, 0.25) is 0 Å². The first-order chi connectivity index (χ1) is 10.2. The highest BCUT2D eigenvalue weighted by Crippen LogP contribution is 2.28. The number of likely N-dealkylation sites (N-methyl/N-ethyl adjacent to an activating group) is 1. The number of hydrogen-bond acceptors (Lipinski definition) is 3. The van der Waals surface area contributed by atoms with E-state index in [0.29, 0.717) is 17.2 Å². The maximum Gasteiger partial charge on any atom is 0.276 e. The molecule has 0 fully saturated rings. The molecule has 0 unspecified atom stereocenters. The molecule has 1 aliphatic rings. The van der Waals surface area contributed by atoms with Crippen molar-refractivity contribution in [1.82, 2.24) is 0 Å². The molecule has 0 bridgehead atoms. The van der Waals surface area contributed by atoms with Gasteiger partial charge in [0.25, 0.3) is 5.91 Å². The van der Waals surface area contributed by atoms with Crippen LogP contribution in [0.15, 0.2) is 64.3 Å². The Morgan fingerprint density at radius 2 is 1.81 bits per heavy atom. The van der Waals surface area contributed by atoms with Gasteiger partial charge in [-0.15, -0.1) is 0 Å². The number of carbonyl (C=O) groups is 1. The third-order valence-corrected chi connectivity index (χ3v) is 3.07. The molecule has 0 spiro atoms. The van der Waals surface area contributed by atoms with Crippen molar-refractivity contribution in [1.29, 1.82) is 0 Å². The predicted octanol–water partition coefficient (Wildman–Crippen LogP) is 3.63. The summed E-state index contributed by atoms with van der Waals surface area (Å²) in [7, 11) is 1.69. The van der Waals surface area contributed by atoms with Crippen LogP contribution in [0.25, 0.3) is 0 Å². The number of benzene rings is 1. The van der Waals surface area contributed by atoms with Crippen LogP contribution in [0.1, 0.15) is 25.2 Å². The van der Waals surface area contributed by atoms with E-state index in [1.54, 1.807) is 19.4 Å². The van der Waals surface area contributed by atoms with Crippen LogP contribution in [0.5, 0.6) is 0 Å². The molecule has 1 aromatic heterocycles. The number of nitrogens with zero attached hydrogens (tertiary/aromatic N) is 2. The molecule has 0 atom stereocenters. The smallest absolute Gasteiger partial charge is 0.276 e. The van der Waals surface area contributed by atoms with Crippen molar-refractivity contribution in [2.45, 2.75) is 13.8 Å². The molecule has 0 aliphatic carbocycles. The van der Waals surface area contributed by atoms with E-state index in [1.165, 1.54) is 4.90 Å². The van der Waals surface area contributed by atoms with Crippen LogP contribution in [-0.4, -0.2) is 18.7 Å². The van der Waals surface area contributed by atoms with Crippen molar-refractivity contribution in [3.63, 3.8) is 0 Å². The Morgan fingerprint density at radius 1 is 1.14 bits per heavy atom. The van der Waals surface area contributed by atoms with Gasteiger partial charge in [-0.1, -0.05) is 50.8 Å². The topological polar surface area (TPSA) is 45.8 Å². The van der Waals surface area contributed by atoms with Crippen molar-refractivity contribution in [2.75, 3.05) is 11.9 Å². The molecule has 1 aromatic carbocycles. The van der Waals surface area contributed by atoms with Crippen molar-refractivity contribution in [2.24, 2.45) is 4.99 Å². The summed E-state index contributed by atoms with van der Waals surface area (Å²) in [6.07, 6.45) is 1.56. The van der Waals surface area contributed by atoms with E-state index in [0.717, 1.165) is 5.56 Å². The fourth-order valence-corrected chi connectivity index (χ4v) is 2.07. The normalized spacial score (nSPS) is 13.9. The molecular weight excluding hydrogens is 264 g/mol. The van der Waals surface area contributed by atoms with Crippen molar-refractivity contribution < 1.29 is 9.21 Å². The van der Waals surface area contributed by atoms with Crippen LogP contribution in [0.3, 0.4) is 0 Å². The van der Waals surface area contributed by atoms with Gasteiger partial charge in [0.2, 0.25) is 0 Å². The number of rotatable bonds is 1. The minimum Gasteiger partial charge on any atom is -0.460 e. The third-order valence-electron chi connectivity index (χ3n) is 3.07. The molecule has 2 aromatic rings. The lowest BCUT2D eigenvalue weighted by Gasteiger charge is -2.13. The third kappa shape index (κ3) is 2.65. The summed E-state index contributed by atoms with van der Waals surface area (Å²) in [5, 5.41) is 0. The minimum absolute atomic E-state index is 0.202. The first-order valence-corrected chi connectivity index (χ1v) is 6.87. The Hall–Kier alpha value is -2.62. The monoisotopic (exact) mass is 282 g/mol. The summed E-state index contributed by atoms with van der Waals surface area (Å²) in [5.41, 5.74) is 2.42. The molecule has 0 N–H and O–H groups in total. The zero-order valence-electron chi connectivity index (χ0n) is 12.5. The van der Waals surface area contributed by atoms with Gasteiger partial charge >= 0.3 is 0 Å². The first-order valence-electron chi connectivity index (χ1n) is 6.87. The molecule has 1 amide bonds. The molecule has 0 radical (unpaired) electrons. The quantitative estimate of drug-likeness (QED) is 0.750. The van der Waals surface area contributed by atoms with Crippen molar-refractivity contribution >= 4 is 17.3 Å². The van der Waals surface area contributed by atoms with Crippen LogP contribution in [0, 0.1) is 0 Å². The zero-order valence-corrected chi connectivity index (χ0v) is 12.5. The van der Waals surface area contributed by atoms with Crippen molar-refractivity contribution in [3.05, 3.63) is 66.3 Å². The van der Waals surface area contributed by atoms with Crippen LogP contribution < -0.4 is 4.90 Å². The SMILES string of the molecule is C=C1N=C(c2ccccc2)c2occc2N(C)C1=O.CC. The molecule has 0 saturated carbocycles. The number of aliphatic imine (C=N–C) groups is 1. The van der Waals surface area contributed by atoms with Crippen LogP contribution in [-0.2, 0) is 4.79 Å². The molecule has 0 saturated heterocycles. The van der Waals surface area contributed by atoms with Gasteiger partial charge in [-0.25, -0.2) is 4.99 Å². The number of hydrogen-bond donors (Lipinski definition) is 0. The largest absolute Gasteiger partial charge is 0.460 e. The summed E-state index contributed by atoms with van der Waals surface area (Å²) in [6.45, 7) is 7.72. The maximum absolute atomic E-state index is 12.1. The van der Waals surface area contributed by atoms with Crippen LogP contribution >= 0.6 is 0 Å². The molecule has 21 heavy (non-hydrogen) atoms. The Bertz CT molecular complexity index is 684. The summed E-state index contributed by atoms with van der Waals surface area (Å²) < 4.78 is 5.50. The van der Waals surface area contributed by atoms with Gasteiger partial charge in [-0.05, 0) is 0 Å². The summed E-state index contributed by atoms with van der Waals surface area (Å²) in [6, 6.07) is 11.4. The summed E-state index contributed by atoms with van der Waals surface area (Å²) in [5.74, 6) is 0.356. The Kier molecular flexibility index (Phi) is 4.38. The fraction of sp³-hybridized carbons (Fsp3) is 0.176. The van der Waals surface area contributed by atoms with Gasteiger partial charge < -0.3 is 9.32 Å². The lowest BCUT2D eigenvalue weighted by atomic mass is 10.1.